The molecular formula is C21H26N4O4S. The second-order valence-electron chi connectivity index (χ2n) is 7.10. The molecule has 0 aliphatic carbocycles. The Hall–Kier alpha value is -2.94. The fraction of sp³-hybridized carbons (Fsp3) is 0.429. The van der Waals surface area contributed by atoms with Gasteiger partial charge in [0.15, 0.2) is 4.77 Å². The maximum absolute atomic E-state index is 12.6. The number of amides is 1. The number of ether oxygens (including phenoxy) is 1. The highest BCUT2D eigenvalue weighted by atomic mass is 32.1. The van der Waals surface area contributed by atoms with Crippen molar-refractivity contribution in [2.75, 3.05) is 6.61 Å². The van der Waals surface area contributed by atoms with E-state index in [9.17, 15) is 14.7 Å². The summed E-state index contributed by atoms with van der Waals surface area (Å²) in [5, 5.41) is 16.5. The minimum Gasteiger partial charge on any atom is -0.494 e. The first-order valence-corrected chi connectivity index (χ1v) is 10.4. The van der Waals surface area contributed by atoms with Crippen LogP contribution in [-0.2, 0) is 11.3 Å². The summed E-state index contributed by atoms with van der Waals surface area (Å²) in [6, 6.07) is 7.05. The third-order valence-electron chi connectivity index (χ3n) is 5.00. The van der Waals surface area contributed by atoms with Crippen molar-refractivity contribution in [3.63, 3.8) is 0 Å². The summed E-state index contributed by atoms with van der Waals surface area (Å²) in [5.41, 5.74) is 0.754. The quantitative estimate of drug-likeness (QED) is 0.655. The number of nitrogens with zero attached hydrogens (tertiary/aromatic N) is 3. The van der Waals surface area contributed by atoms with Crippen molar-refractivity contribution in [1.82, 2.24) is 14.6 Å². The number of hydrogen-bond acceptors (Lipinski definition) is 6. The lowest BCUT2D eigenvalue weighted by molar-refractivity contribution is -0.130. The van der Waals surface area contributed by atoms with Gasteiger partial charge < -0.3 is 9.84 Å². The van der Waals surface area contributed by atoms with E-state index in [2.05, 4.69) is 10.1 Å². The van der Waals surface area contributed by atoms with E-state index < -0.39 is 5.56 Å². The number of aromatic amines is 1. The van der Waals surface area contributed by atoms with Gasteiger partial charge in [0.25, 0.3) is 5.56 Å². The molecule has 30 heavy (non-hydrogen) atoms. The van der Waals surface area contributed by atoms with Gasteiger partial charge in [-0.05, 0) is 43.3 Å². The fourth-order valence-electron chi connectivity index (χ4n) is 3.51. The number of aromatic hydroxyl groups is 1. The number of nitrogens with one attached hydrogen (secondary N) is 1. The Balaban J connectivity index is 2.00. The van der Waals surface area contributed by atoms with E-state index in [4.69, 9.17) is 17.0 Å². The number of benzene rings is 1. The van der Waals surface area contributed by atoms with Crippen molar-refractivity contribution >= 4 is 23.8 Å². The average Bonchev–Trinajstić information content (AvgIpc) is 3.14. The number of aromatic nitrogens is 2. The Kier molecular flexibility index (Phi) is 6.71. The van der Waals surface area contributed by atoms with Crippen molar-refractivity contribution in [2.45, 2.75) is 52.6 Å². The fourth-order valence-corrected chi connectivity index (χ4v) is 3.78. The van der Waals surface area contributed by atoms with E-state index in [1.165, 1.54) is 16.5 Å². The Labute approximate surface area is 179 Å². The van der Waals surface area contributed by atoms with E-state index >= 15 is 0 Å². The molecule has 2 aromatic rings. The van der Waals surface area contributed by atoms with Crippen LogP contribution in [0.1, 0.15) is 57.2 Å². The van der Waals surface area contributed by atoms with Crippen LogP contribution in [0.15, 0.2) is 34.2 Å². The number of carbonyl (C=O) groups excluding carboxylic acids is 1. The molecule has 1 unspecified atom stereocenters. The number of unbranched alkanes of at least 4 members (excludes halogenated alkanes) is 1. The third kappa shape index (κ3) is 4.30. The molecule has 0 radical (unpaired) electrons. The Bertz CT molecular complexity index is 1070. The zero-order valence-corrected chi connectivity index (χ0v) is 18.2. The van der Waals surface area contributed by atoms with Gasteiger partial charge in [0.05, 0.1) is 18.4 Å². The maximum Gasteiger partial charge on any atom is 0.264 e. The lowest BCUT2D eigenvalue weighted by atomic mass is 9.99. The third-order valence-corrected chi connectivity index (χ3v) is 5.33. The maximum atomic E-state index is 12.6. The topological polar surface area (TPSA) is 99.9 Å². The van der Waals surface area contributed by atoms with Gasteiger partial charge in [-0.25, -0.2) is 5.01 Å². The lowest BCUT2D eigenvalue weighted by Gasteiger charge is -2.20. The zero-order valence-electron chi connectivity index (χ0n) is 17.3. The van der Waals surface area contributed by atoms with Crippen molar-refractivity contribution in [3.05, 3.63) is 50.5 Å². The van der Waals surface area contributed by atoms with Gasteiger partial charge in [-0.3, -0.25) is 19.1 Å². The van der Waals surface area contributed by atoms with Gasteiger partial charge in [0, 0.05) is 19.9 Å². The summed E-state index contributed by atoms with van der Waals surface area (Å²) in [4.78, 5) is 27.5. The van der Waals surface area contributed by atoms with Crippen LogP contribution in [0.3, 0.4) is 0 Å². The second kappa shape index (κ2) is 9.25. The van der Waals surface area contributed by atoms with Crippen LogP contribution >= 0.6 is 12.2 Å². The first kappa shape index (κ1) is 21.8. The van der Waals surface area contributed by atoms with Crippen molar-refractivity contribution in [1.29, 1.82) is 0 Å². The molecule has 2 N–H and O–H groups in total. The minimum atomic E-state index is -0.514. The summed E-state index contributed by atoms with van der Waals surface area (Å²) in [6.45, 7) is 6.41. The number of rotatable bonds is 7. The molecule has 0 saturated carbocycles. The summed E-state index contributed by atoms with van der Waals surface area (Å²) in [7, 11) is 0. The van der Waals surface area contributed by atoms with Crippen LogP contribution in [0.4, 0.5) is 0 Å². The molecule has 1 amide bonds. The van der Waals surface area contributed by atoms with Gasteiger partial charge in [-0.2, -0.15) is 5.10 Å². The Morgan fingerprint density at radius 3 is 2.63 bits per heavy atom. The molecule has 1 aliphatic heterocycles. The number of hydrogen-bond donors (Lipinski definition) is 2. The normalized spacial score (nSPS) is 15.9. The molecule has 2 heterocycles. The molecular weight excluding hydrogens is 404 g/mol. The monoisotopic (exact) mass is 430 g/mol. The van der Waals surface area contributed by atoms with Crippen LogP contribution in [-0.4, -0.2) is 37.9 Å². The molecule has 3 rings (SSSR count). The largest absolute Gasteiger partial charge is 0.494 e. The first-order chi connectivity index (χ1) is 14.4. The molecule has 0 fully saturated rings. The molecule has 1 aromatic heterocycles. The van der Waals surface area contributed by atoms with Crippen LogP contribution in [0, 0.1) is 4.77 Å². The first-order valence-electron chi connectivity index (χ1n) is 10.0. The summed E-state index contributed by atoms with van der Waals surface area (Å²) >= 11 is 5.20. The molecule has 8 nitrogen and oxygen atoms in total. The van der Waals surface area contributed by atoms with Gasteiger partial charge in [-0.1, -0.05) is 25.5 Å². The predicted octanol–water partition coefficient (Wildman–Crippen LogP) is 3.51. The van der Waals surface area contributed by atoms with E-state index in [0.717, 1.165) is 24.2 Å². The standard InChI is InChI=1S/C21H26N4O4S/c1-4-6-11-24-20(28)18(19(27)22-21(24)30)16-12-17(25(23-16)13(3)26)14-7-9-15(10-8-14)29-5-2/h7-10,17,28H,4-6,11-12H2,1-3H3,(H,22,27,30). The molecule has 0 spiro atoms. The van der Waals surface area contributed by atoms with E-state index in [1.807, 2.05) is 38.1 Å². The van der Waals surface area contributed by atoms with Gasteiger partial charge in [0.1, 0.15) is 11.3 Å². The van der Waals surface area contributed by atoms with E-state index in [1.54, 1.807) is 0 Å². The molecule has 0 bridgehead atoms. The van der Waals surface area contributed by atoms with E-state index in [-0.39, 0.29) is 28.2 Å². The molecule has 0 saturated heterocycles. The lowest BCUT2D eigenvalue weighted by Crippen LogP contribution is -2.24. The Morgan fingerprint density at radius 2 is 2.03 bits per heavy atom. The predicted molar refractivity (Wildman–Crippen MR) is 116 cm³/mol. The highest BCUT2D eigenvalue weighted by Gasteiger charge is 2.34. The van der Waals surface area contributed by atoms with Crippen LogP contribution in [0.25, 0.3) is 0 Å². The van der Waals surface area contributed by atoms with Crippen molar-refractivity contribution in [2.24, 2.45) is 5.10 Å². The smallest absolute Gasteiger partial charge is 0.264 e. The van der Waals surface area contributed by atoms with Crippen LogP contribution in [0.5, 0.6) is 11.6 Å². The summed E-state index contributed by atoms with van der Waals surface area (Å²) in [6.07, 6.45) is 2.01. The van der Waals surface area contributed by atoms with Gasteiger partial charge in [-0.15, -0.1) is 0 Å². The Morgan fingerprint density at radius 1 is 1.33 bits per heavy atom. The van der Waals surface area contributed by atoms with Gasteiger partial charge >= 0.3 is 0 Å². The van der Waals surface area contributed by atoms with E-state index in [0.29, 0.717) is 25.3 Å². The SMILES string of the molecule is CCCCn1c(O)c(C2=NN(C(C)=O)C(c3ccc(OCC)cc3)C2)c(=O)[nH]c1=S. The van der Waals surface area contributed by atoms with Gasteiger partial charge in [0.2, 0.25) is 11.8 Å². The molecule has 1 aromatic carbocycles. The number of hydrazone groups is 1. The van der Waals surface area contributed by atoms with Crippen molar-refractivity contribution in [3.8, 4) is 11.6 Å². The van der Waals surface area contributed by atoms with Crippen LogP contribution < -0.4 is 10.3 Å². The number of carbonyl (C=O) groups is 1. The van der Waals surface area contributed by atoms with Crippen LogP contribution in [0.2, 0.25) is 0 Å². The summed E-state index contributed by atoms with van der Waals surface area (Å²) in [5.74, 6) is 0.271. The second-order valence-corrected chi connectivity index (χ2v) is 7.48. The average molecular weight is 431 g/mol. The summed E-state index contributed by atoms with van der Waals surface area (Å²) < 4.78 is 7.14. The molecule has 1 atom stereocenters. The molecule has 1 aliphatic rings. The number of H-pyrrole nitrogens is 1. The van der Waals surface area contributed by atoms with Crippen molar-refractivity contribution < 1.29 is 14.6 Å². The minimum absolute atomic E-state index is 0.0550. The highest BCUT2D eigenvalue weighted by Crippen LogP contribution is 2.34. The zero-order chi connectivity index (χ0) is 21.8. The molecule has 160 valence electrons. The molecule has 9 heteroatoms. The highest BCUT2D eigenvalue weighted by molar-refractivity contribution is 7.71.